The van der Waals surface area contributed by atoms with E-state index in [1.54, 1.807) is 11.9 Å². The second-order valence-electron chi connectivity index (χ2n) is 4.72. The summed E-state index contributed by atoms with van der Waals surface area (Å²) in [7, 11) is 1.78. The zero-order chi connectivity index (χ0) is 10.8. The number of nitrogens with zero attached hydrogens (tertiary/aromatic N) is 1. The molecule has 0 radical (unpaired) electrons. The molecule has 0 heterocycles. The molecule has 3 nitrogen and oxygen atoms in total. The molecule has 1 saturated carbocycles. The minimum Gasteiger partial charge on any atom is -0.394 e. The number of hydrogen-bond donors (Lipinski definition) is 1. The van der Waals surface area contributed by atoms with Crippen molar-refractivity contribution in [1.29, 1.82) is 0 Å². The van der Waals surface area contributed by atoms with Crippen LogP contribution < -0.4 is 0 Å². The zero-order valence-electron chi connectivity index (χ0n) is 9.42. The first-order chi connectivity index (χ1) is 6.51. The summed E-state index contributed by atoms with van der Waals surface area (Å²) in [5, 5.41) is 8.99. The van der Waals surface area contributed by atoms with Gasteiger partial charge in [0.25, 0.3) is 0 Å². The molecule has 82 valence electrons. The summed E-state index contributed by atoms with van der Waals surface area (Å²) in [6.07, 6.45) is 4.30. The van der Waals surface area contributed by atoms with Gasteiger partial charge in [-0.05, 0) is 19.8 Å². The molecule has 0 aliphatic heterocycles. The van der Waals surface area contributed by atoms with Crippen LogP contribution in [0.4, 0.5) is 0 Å². The fourth-order valence-corrected chi connectivity index (χ4v) is 2.12. The van der Waals surface area contributed by atoms with Gasteiger partial charge in [-0.1, -0.05) is 19.8 Å². The van der Waals surface area contributed by atoms with Crippen LogP contribution in [-0.4, -0.2) is 35.6 Å². The van der Waals surface area contributed by atoms with E-state index in [0.29, 0.717) is 0 Å². The molecule has 1 unspecified atom stereocenters. The molecule has 1 aliphatic rings. The molecule has 1 amide bonds. The third kappa shape index (κ3) is 2.08. The van der Waals surface area contributed by atoms with Crippen LogP contribution in [0.2, 0.25) is 0 Å². The predicted octanol–water partition coefficient (Wildman–Crippen LogP) is 1.41. The Morgan fingerprint density at radius 1 is 1.50 bits per heavy atom. The van der Waals surface area contributed by atoms with Gasteiger partial charge in [-0.15, -0.1) is 0 Å². The third-order valence-electron chi connectivity index (χ3n) is 3.47. The van der Waals surface area contributed by atoms with E-state index < -0.39 is 0 Å². The third-order valence-corrected chi connectivity index (χ3v) is 3.47. The van der Waals surface area contributed by atoms with Crippen molar-refractivity contribution in [3.8, 4) is 0 Å². The normalized spacial score (nSPS) is 22.0. The average Bonchev–Trinajstić information content (AvgIpc) is 2.63. The number of aliphatic hydroxyl groups excluding tert-OH is 1. The number of amides is 1. The highest BCUT2D eigenvalue weighted by Gasteiger charge is 2.38. The van der Waals surface area contributed by atoms with Crippen LogP contribution in [0.25, 0.3) is 0 Å². The maximum absolute atomic E-state index is 12.1. The standard InChI is InChI=1S/C11H21NO2/c1-9(8-13)12(3)10(14)11(2)6-4-5-7-11/h9,13H,4-8H2,1-3H3. The molecule has 1 N–H and O–H groups in total. The van der Waals surface area contributed by atoms with E-state index in [0.717, 1.165) is 25.7 Å². The molecule has 1 atom stereocenters. The molecule has 1 rings (SSSR count). The molecule has 0 aromatic rings. The number of hydrogen-bond acceptors (Lipinski definition) is 2. The highest BCUT2D eigenvalue weighted by atomic mass is 16.3. The van der Waals surface area contributed by atoms with E-state index in [4.69, 9.17) is 5.11 Å². The van der Waals surface area contributed by atoms with Gasteiger partial charge in [-0.25, -0.2) is 0 Å². The summed E-state index contributed by atoms with van der Waals surface area (Å²) in [5.41, 5.74) is -0.168. The van der Waals surface area contributed by atoms with Crippen molar-refractivity contribution in [3.05, 3.63) is 0 Å². The number of rotatable bonds is 3. The Bertz CT molecular complexity index is 209. The monoisotopic (exact) mass is 199 g/mol. The largest absolute Gasteiger partial charge is 0.394 e. The topological polar surface area (TPSA) is 40.5 Å². The summed E-state index contributed by atoms with van der Waals surface area (Å²) in [6, 6.07) is -0.0695. The lowest BCUT2D eigenvalue weighted by atomic mass is 9.87. The molecular weight excluding hydrogens is 178 g/mol. The van der Waals surface area contributed by atoms with Gasteiger partial charge in [-0.2, -0.15) is 0 Å². The molecule has 0 aromatic heterocycles. The maximum atomic E-state index is 12.1. The Kier molecular flexibility index (Phi) is 3.53. The molecule has 1 aliphatic carbocycles. The lowest BCUT2D eigenvalue weighted by molar-refractivity contribution is -0.142. The first-order valence-corrected chi connectivity index (χ1v) is 5.39. The summed E-state index contributed by atoms with van der Waals surface area (Å²) >= 11 is 0. The Morgan fingerprint density at radius 3 is 2.43 bits per heavy atom. The summed E-state index contributed by atoms with van der Waals surface area (Å²) in [6.45, 7) is 3.96. The fraction of sp³-hybridized carbons (Fsp3) is 0.909. The van der Waals surface area contributed by atoms with E-state index in [2.05, 4.69) is 0 Å². The van der Waals surface area contributed by atoms with Crippen molar-refractivity contribution in [1.82, 2.24) is 4.90 Å². The average molecular weight is 199 g/mol. The van der Waals surface area contributed by atoms with Crippen LogP contribution in [-0.2, 0) is 4.79 Å². The van der Waals surface area contributed by atoms with Gasteiger partial charge in [-0.3, -0.25) is 4.79 Å². The van der Waals surface area contributed by atoms with Gasteiger partial charge in [0.2, 0.25) is 5.91 Å². The van der Waals surface area contributed by atoms with Crippen molar-refractivity contribution >= 4 is 5.91 Å². The number of carbonyl (C=O) groups is 1. The van der Waals surface area contributed by atoms with Crippen LogP contribution in [0.15, 0.2) is 0 Å². The SMILES string of the molecule is CC(CO)N(C)C(=O)C1(C)CCCC1. The van der Waals surface area contributed by atoms with E-state index >= 15 is 0 Å². The Hall–Kier alpha value is -0.570. The first kappa shape index (κ1) is 11.5. The van der Waals surface area contributed by atoms with Gasteiger partial charge in [0.05, 0.1) is 12.6 Å². The Balaban J connectivity index is 2.63. The highest BCUT2D eigenvalue weighted by Crippen LogP contribution is 2.39. The van der Waals surface area contributed by atoms with Gasteiger partial charge >= 0.3 is 0 Å². The summed E-state index contributed by atoms with van der Waals surface area (Å²) < 4.78 is 0. The molecule has 1 fully saturated rings. The molecule has 0 saturated heterocycles. The van der Waals surface area contributed by atoms with E-state index in [9.17, 15) is 4.79 Å². The molecular formula is C11H21NO2. The van der Waals surface area contributed by atoms with Crippen LogP contribution in [0, 0.1) is 5.41 Å². The smallest absolute Gasteiger partial charge is 0.228 e. The second kappa shape index (κ2) is 4.30. The molecule has 0 spiro atoms. The van der Waals surface area contributed by atoms with Crippen LogP contribution in [0.1, 0.15) is 39.5 Å². The Labute approximate surface area is 86.1 Å². The fourth-order valence-electron chi connectivity index (χ4n) is 2.12. The highest BCUT2D eigenvalue weighted by molar-refractivity contribution is 5.82. The predicted molar refractivity (Wildman–Crippen MR) is 55.9 cm³/mol. The number of carbonyl (C=O) groups excluding carboxylic acids is 1. The quantitative estimate of drug-likeness (QED) is 0.746. The molecule has 14 heavy (non-hydrogen) atoms. The van der Waals surface area contributed by atoms with Gasteiger partial charge in [0.15, 0.2) is 0 Å². The van der Waals surface area contributed by atoms with Crippen molar-refractivity contribution in [2.75, 3.05) is 13.7 Å². The maximum Gasteiger partial charge on any atom is 0.228 e. The summed E-state index contributed by atoms with van der Waals surface area (Å²) in [4.78, 5) is 13.8. The minimum absolute atomic E-state index is 0.0400. The van der Waals surface area contributed by atoms with E-state index in [1.807, 2.05) is 13.8 Å². The van der Waals surface area contributed by atoms with E-state index in [1.165, 1.54) is 0 Å². The van der Waals surface area contributed by atoms with Crippen molar-refractivity contribution in [2.24, 2.45) is 5.41 Å². The first-order valence-electron chi connectivity index (χ1n) is 5.39. The van der Waals surface area contributed by atoms with Crippen LogP contribution in [0.5, 0.6) is 0 Å². The van der Waals surface area contributed by atoms with Crippen LogP contribution in [0.3, 0.4) is 0 Å². The number of likely N-dealkylation sites (N-methyl/N-ethyl adjacent to an activating group) is 1. The van der Waals surface area contributed by atoms with Crippen molar-refractivity contribution in [3.63, 3.8) is 0 Å². The van der Waals surface area contributed by atoms with Crippen molar-refractivity contribution in [2.45, 2.75) is 45.6 Å². The molecule has 3 heteroatoms. The van der Waals surface area contributed by atoms with Crippen LogP contribution >= 0.6 is 0 Å². The van der Waals surface area contributed by atoms with Gasteiger partial charge in [0, 0.05) is 12.5 Å². The zero-order valence-corrected chi connectivity index (χ0v) is 9.42. The molecule has 0 aromatic carbocycles. The molecule has 0 bridgehead atoms. The van der Waals surface area contributed by atoms with E-state index in [-0.39, 0.29) is 24.0 Å². The Morgan fingerprint density at radius 2 is 2.00 bits per heavy atom. The summed E-state index contributed by atoms with van der Waals surface area (Å²) in [5.74, 6) is 0.191. The lowest BCUT2D eigenvalue weighted by Gasteiger charge is -2.32. The van der Waals surface area contributed by atoms with Crippen molar-refractivity contribution < 1.29 is 9.90 Å². The van der Waals surface area contributed by atoms with Gasteiger partial charge < -0.3 is 10.0 Å². The number of aliphatic hydroxyl groups is 1. The lowest BCUT2D eigenvalue weighted by Crippen LogP contribution is -2.44. The van der Waals surface area contributed by atoms with Gasteiger partial charge in [0.1, 0.15) is 0 Å². The second-order valence-corrected chi connectivity index (χ2v) is 4.72. The minimum atomic E-state index is -0.168.